The molecular weight excluding hydrogens is 119 g/mol. The van der Waals surface area contributed by atoms with Gasteiger partial charge in [0.15, 0.2) is 0 Å². The third-order valence-electron chi connectivity index (χ3n) is 0.554. The van der Waals surface area contributed by atoms with E-state index in [0.717, 1.165) is 0 Å². The Bertz CT molecular complexity index is 71.7. The molecule has 0 heterocycles. The first-order valence-corrected chi connectivity index (χ1v) is 2.02. The molecule has 0 aromatic rings. The van der Waals surface area contributed by atoms with E-state index in [9.17, 15) is 10.1 Å². The van der Waals surface area contributed by atoms with Crippen molar-refractivity contribution in [3.8, 4) is 0 Å². The molecule has 0 aromatic carbocycles. The van der Waals surface area contributed by atoms with Crippen LogP contribution < -0.4 is 34.8 Å². The van der Waals surface area contributed by atoms with Crippen molar-refractivity contribution in [1.29, 1.82) is 0 Å². The zero-order chi connectivity index (χ0) is 5.86. The Hall–Kier alpha value is 0.430. The number of hydrogen-bond donors (Lipinski definition) is 0. The first-order valence-electron chi connectivity index (χ1n) is 2.02. The van der Waals surface area contributed by atoms with E-state index in [2.05, 4.69) is 4.89 Å². The molecule has 0 radical (unpaired) electrons. The van der Waals surface area contributed by atoms with Gasteiger partial charge >= 0.3 is 35.5 Å². The van der Waals surface area contributed by atoms with Crippen molar-refractivity contribution in [3.63, 3.8) is 0 Å². The van der Waals surface area contributed by atoms with Gasteiger partial charge in [0.05, 0.1) is 5.92 Å². The predicted octanol–water partition coefficient (Wildman–Crippen LogP) is -3.54. The van der Waals surface area contributed by atoms with Gasteiger partial charge in [0.1, 0.15) is 0 Å². The second-order valence-electron chi connectivity index (χ2n) is 1.56. The standard InChI is InChI=1S/C4H8O3.Na/c1-3(2)4(5)7-6;/h3,6H,1-2H3;/q;+1/p-1. The van der Waals surface area contributed by atoms with Gasteiger partial charge in [0.2, 0.25) is 0 Å². The topological polar surface area (TPSA) is 49.4 Å². The fourth-order valence-corrected chi connectivity index (χ4v) is 0.0962. The minimum absolute atomic E-state index is 0. The van der Waals surface area contributed by atoms with Crippen LogP contribution in [0.15, 0.2) is 0 Å². The van der Waals surface area contributed by atoms with E-state index in [4.69, 9.17) is 0 Å². The van der Waals surface area contributed by atoms with E-state index in [1.807, 2.05) is 0 Å². The number of hydrogen-bond acceptors (Lipinski definition) is 3. The SMILES string of the molecule is CC(C)C(=O)O[O-].[Na+]. The van der Waals surface area contributed by atoms with Gasteiger partial charge in [0, 0.05) is 0 Å². The fourth-order valence-electron chi connectivity index (χ4n) is 0.0962. The molecule has 0 atom stereocenters. The molecule has 0 rings (SSSR count). The molecule has 0 amide bonds. The van der Waals surface area contributed by atoms with Crippen molar-refractivity contribution in [3.05, 3.63) is 0 Å². The Balaban J connectivity index is 0. The summed E-state index contributed by atoms with van der Waals surface area (Å²) in [6.07, 6.45) is 0. The third-order valence-corrected chi connectivity index (χ3v) is 0.554. The van der Waals surface area contributed by atoms with Crippen molar-refractivity contribution in [2.75, 3.05) is 0 Å². The van der Waals surface area contributed by atoms with Gasteiger partial charge in [0.25, 0.3) is 0 Å². The molecule has 0 aliphatic heterocycles. The Kier molecular flexibility index (Phi) is 7.83. The summed E-state index contributed by atoms with van der Waals surface area (Å²) in [5, 5.41) is 9.22. The minimum Gasteiger partial charge on any atom is -0.662 e. The van der Waals surface area contributed by atoms with Crippen molar-refractivity contribution in [2.45, 2.75) is 13.8 Å². The molecular formula is C4H7NaO3. The summed E-state index contributed by atoms with van der Waals surface area (Å²) < 4.78 is 0. The average Bonchev–Trinajstić information content (AvgIpc) is 1.65. The zero-order valence-electron chi connectivity index (χ0n) is 5.30. The summed E-state index contributed by atoms with van der Waals surface area (Å²) in [4.78, 5) is 13.1. The molecule has 0 unspecified atom stereocenters. The molecule has 0 aromatic heterocycles. The number of carbonyl (C=O) groups is 1. The van der Waals surface area contributed by atoms with Gasteiger partial charge in [-0.05, 0) is 0 Å². The second kappa shape index (κ2) is 5.56. The minimum atomic E-state index is -0.708. The van der Waals surface area contributed by atoms with E-state index in [1.54, 1.807) is 13.8 Å². The van der Waals surface area contributed by atoms with Gasteiger partial charge in [-0.15, -0.1) is 0 Å². The summed E-state index contributed by atoms with van der Waals surface area (Å²) in [5.74, 6) is -1.02. The molecule has 4 heteroatoms. The summed E-state index contributed by atoms with van der Waals surface area (Å²) in [6, 6.07) is 0. The molecule has 3 nitrogen and oxygen atoms in total. The number of rotatable bonds is 1. The van der Waals surface area contributed by atoms with E-state index in [1.165, 1.54) is 0 Å². The Morgan fingerprint density at radius 2 is 2.00 bits per heavy atom. The maximum Gasteiger partial charge on any atom is 1.00 e. The van der Waals surface area contributed by atoms with Crippen LogP contribution in [0.25, 0.3) is 0 Å². The summed E-state index contributed by atoms with van der Waals surface area (Å²) >= 11 is 0. The maximum absolute atomic E-state index is 9.98. The normalized spacial score (nSPS) is 8.00. The van der Waals surface area contributed by atoms with Crippen LogP contribution in [0, 0.1) is 5.92 Å². The molecule has 0 aliphatic carbocycles. The van der Waals surface area contributed by atoms with E-state index in [-0.39, 0.29) is 35.5 Å². The Morgan fingerprint density at radius 1 is 1.62 bits per heavy atom. The molecule has 8 heavy (non-hydrogen) atoms. The first kappa shape index (κ1) is 11.3. The molecule has 42 valence electrons. The zero-order valence-corrected chi connectivity index (χ0v) is 7.30. The average molecular weight is 126 g/mol. The van der Waals surface area contributed by atoms with Crippen molar-refractivity contribution in [2.24, 2.45) is 5.92 Å². The monoisotopic (exact) mass is 126 g/mol. The van der Waals surface area contributed by atoms with Crippen molar-refractivity contribution >= 4 is 5.97 Å². The van der Waals surface area contributed by atoms with E-state index >= 15 is 0 Å². The third kappa shape index (κ3) is 4.59. The molecule has 0 N–H and O–H groups in total. The van der Waals surface area contributed by atoms with Crippen molar-refractivity contribution in [1.82, 2.24) is 0 Å². The van der Waals surface area contributed by atoms with Crippen LogP contribution in [0.4, 0.5) is 0 Å². The van der Waals surface area contributed by atoms with Crippen LogP contribution >= 0.6 is 0 Å². The predicted molar refractivity (Wildman–Crippen MR) is 20.9 cm³/mol. The van der Waals surface area contributed by atoms with Crippen LogP contribution in [-0.2, 0) is 9.68 Å². The smallest absolute Gasteiger partial charge is 0.662 e. The van der Waals surface area contributed by atoms with E-state index < -0.39 is 5.97 Å². The Morgan fingerprint density at radius 3 is 2.00 bits per heavy atom. The molecule has 0 aliphatic rings. The van der Waals surface area contributed by atoms with Gasteiger partial charge in [-0.1, -0.05) is 13.8 Å². The van der Waals surface area contributed by atoms with Crippen LogP contribution in [0.5, 0.6) is 0 Å². The quantitative estimate of drug-likeness (QED) is 0.208. The van der Waals surface area contributed by atoms with Gasteiger partial charge in [-0.25, -0.2) is 0 Å². The maximum atomic E-state index is 9.98. The van der Waals surface area contributed by atoms with Crippen LogP contribution in [0.3, 0.4) is 0 Å². The summed E-state index contributed by atoms with van der Waals surface area (Å²) in [6.45, 7) is 3.19. The van der Waals surface area contributed by atoms with Crippen LogP contribution in [0.2, 0.25) is 0 Å². The fraction of sp³-hybridized carbons (Fsp3) is 0.750. The Labute approximate surface area is 70.2 Å². The van der Waals surface area contributed by atoms with Crippen molar-refractivity contribution < 1.29 is 44.5 Å². The summed E-state index contributed by atoms with van der Waals surface area (Å²) in [5.41, 5.74) is 0. The van der Waals surface area contributed by atoms with Gasteiger partial charge in [-0.3, -0.25) is 4.79 Å². The molecule has 0 spiro atoms. The van der Waals surface area contributed by atoms with Gasteiger partial charge < -0.3 is 10.1 Å². The number of carbonyl (C=O) groups excluding carboxylic acids is 1. The first-order chi connectivity index (χ1) is 3.18. The van der Waals surface area contributed by atoms with E-state index in [0.29, 0.717) is 0 Å². The second-order valence-corrected chi connectivity index (χ2v) is 1.56. The molecule has 0 fully saturated rings. The molecule has 0 saturated heterocycles. The van der Waals surface area contributed by atoms with Gasteiger partial charge in [-0.2, -0.15) is 0 Å². The molecule has 0 bridgehead atoms. The largest absolute Gasteiger partial charge is 1.00 e. The molecule has 0 saturated carbocycles. The summed E-state index contributed by atoms with van der Waals surface area (Å²) in [7, 11) is 0. The van der Waals surface area contributed by atoms with Crippen LogP contribution in [-0.4, -0.2) is 5.97 Å². The van der Waals surface area contributed by atoms with Crippen LogP contribution in [0.1, 0.15) is 13.8 Å².